The highest BCUT2D eigenvalue weighted by molar-refractivity contribution is 5.64. The lowest BCUT2D eigenvalue weighted by molar-refractivity contribution is 0.0291. The Morgan fingerprint density at radius 2 is 1.82 bits per heavy atom. The van der Waals surface area contributed by atoms with Gasteiger partial charge in [-0.1, -0.05) is 0 Å². The Labute approximate surface area is 64.3 Å². The standard InChI is InChI=1S/C5H12N2O4/c6-5(8)10-3-1-9-2-4-11-7/h1-4,7H2,(H2,6,8). The van der Waals surface area contributed by atoms with Gasteiger partial charge in [-0.05, 0) is 0 Å². The first kappa shape index (κ1) is 10.2. The van der Waals surface area contributed by atoms with Gasteiger partial charge in [-0.3, -0.25) is 0 Å². The van der Waals surface area contributed by atoms with Crippen LogP contribution in [-0.4, -0.2) is 32.5 Å². The van der Waals surface area contributed by atoms with Crippen molar-refractivity contribution in [1.82, 2.24) is 0 Å². The number of carbonyl (C=O) groups is 1. The second kappa shape index (κ2) is 7.26. The molecule has 66 valence electrons. The van der Waals surface area contributed by atoms with Crippen LogP contribution in [0.15, 0.2) is 0 Å². The maximum atomic E-state index is 9.99. The van der Waals surface area contributed by atoms with Crippen molar-refractivity contribution >= 4 is 6.09 Å². The largest absolute Gasteiger partial charge is 0.447 e. The van der Waals surface area contributed by atoms with Crippen LogP contribution in [0.1, 0.15) is 0 Å². The molecule has 0 spiro atoms. The first-order valence-corrected chi connectivity index (χ1v) is 3.09. The van der Waals surface area contributed by atoms with Gasteiger partial charge in [-0.15, -0.1) is 0 Å². The van der Waals surface area contributed by atoms with E-state index in [0.717, 1.165) is 0 Å². The SMILES string of the molecule is NOCCOCCOC(N)=O. The van der Waals surface area contributed by atoms with E-state index in [1.807, 2.05) is 0 Å². The summed E-state index contributed by atoms with van der Waals surface area (Å²) < 4.78 is 9.25. The zero-order valence-corrected chi connectivity index (χ0v) is 6.12. The summed E-state index contributed by atoms with van der Waals surface area (Å²) in [7, 11) is 0. The van der Waals surface area contributed by atoms with Gasteiger partial charge in [0, 0.05) is 0 Å². The van der Waals surface area contributed by atoms with E-state index in [1.54, 1.807) is 0 Å². The summed E-state index contributed by atoms with van der Waals surface area (Å²) >= 11 is 0. The average molecular weight is 164 g/mol. The van der Waals surface area contributed by atoms with Crippen LogP contribution in [0.4, 0.5) is 4.79 Å². The quantitative estimate of drug-likeness (QED) is 0.387. The van der Waals surface area contributed by atoms with Crippen molar-refractivity contribution in [3.8, 4) is 0 Å². The summed E-state index contributed by atoms with van der Waals surface area (Å²) in [6, 6.07) is 0. The fourth-order valence-corrected chi connectivity index (χ4v) is 0.410. The molecule has 0 saturated carbocycles. The van der Waals surface area contributed by atoms with E-state index in [4.69, 9.17) is 10.6 Å². The number of rotatable bonds is 6. The Hall–Kier alpha value is -0.850. The van der Waals surface area contributed by atoms with Crippen molar-refractivity contribution in [2.75, 3.05) is 26.4 Å². The van der Waals surface area contributed by atoms with Crippen molar-refractivity contribution in [3.63, 3.8) is 0 Å². The number of nitrogens with two attached hydrogens (primary N) is 2. The molecule has 0 aromatic rings. The normalized spacial score (nSPS) is 9.55. The Morgan fingerprint density at radius 3 is 2.36 bits per heavy atom. The summed E-state index contributed by atoms with van der Waals surface area (Å²) in [5, 5.41) is 0. The molecule has 0 aliphatic heterocycles. The van der Waals surface area contributed by atoms with E-state index in [9.17, 15) is 4.79 Å². The van der Waals surface area contributed by atoms with E-state index in [2.05, 4.69) is 15.3 Å². The van der Waals surface area contributed by atoms with Gasteiger partial charge in [0.25, 0.3) is 0 Å². The molecule has 0 unspecified atom stereocenters. The second-order valence-corrected chi connectivity index (χ2v) is 1.65. The molecule has 0 bridgehead atoms. The molecule has 0 fully saturated rings. The summed E-state index contributed by atoms with van der Waals surface area (Å²) in [5.41, 5.74) is 4.67. The minimum Gasteiger partial charge on any atom is -0.447 e. The number of amides is 1. The van der Waals surface area contributed by atoms with Crippen LogP contribution >= 0.6 is 0 Å². The highest BCUT2D eigenvalue weighted by atomic mass is 16.6. The zero-order valence-electron chi connectivity index (χ0n) is 6.12. The summed E-state index contributed by atoms with van der Waals surface area (Å²) in [5.74, 6) is 4.71. The van der Waals surface area contributed by atoms with Gasteiger partial charge in [0.2, 0.25) is 0 Å². The van der Waals surface area contributed by atoms with Crippen molar-refractivity contribution < 1.29 is 19.1 Å². The fraction of sp³-hybridized carbons (Fsp3) is 0.800. The zero-order chi connectivity index (χ0) is 8.53. The van der Waals surface area contributed by atoms with Crippen LogP contribution < -0.4 is 11.6 Å². The van der Waals surface area contributed by atoms with Gasteiger partial charge < -0.3 is 20.0 Å². The van der Waals surface area contributed by atoms with Gasteiger partial charge in [-0.2, -0.15) is 0 Å². The molecular formula is C5H12N2O4. The minimum atomic E-state index is -0.802. The molecular weight excluding hydrogens is 152 g/mol. The van der Waals surface area contributed by atoms with Gasteiger partial charge in [0.05, 0.1) is 19.8 Å². The van der Waals surface area contributed by atoms with Crippen LogP contribution in [0.5, 0.6) is 0 Å². The Morgan fingerprint density at radius 1 is 1.18 bits per heavy atom. The molecule has 6 nitrogen and oxygen atoms in total. The lowest BCUT2D eigenvalue weighted by atomic mass is 10.7. The number of hydrogen-bond acceptors (Lipinski definition) is 5. The number of primary amides is 1. The van der Waals surface area contributed by atoms with Crippen molar-refractivity contribution in [3.05, 3.63) is 0 Å². The molecule has 0 radical (unpaired) electrons. The van der Waals surface area contributed by atoms with Crippen LogP contribution in [-0.2, 0) is 14.3 Å². The lowest BCUT2D eigenvalue weighted by Gasteiger charge is -2.02. The minimum absolute atomic E-state index is 0.153. The Bertz CT molecular complexity index is 109. The lowest BCUT2D eigenvalue weighted by Crippen LogP contribution is -2.17. The molecule has 0 rings (SSSR count). The van der Waals surface area contributed by atoms with E-state index in [1.165, 1.54) is 0 Å². The maximum absolute atomic E-state index is 9.99. The van der Waals surface area contributed by atoms with Crippen molar-refractivity contribution in [2.24, 2.45) is 11.6 Å². The predicted octanol–water partition coefficient (Wildman–Crippen LogP) is -1.01. The van der Waals surface area contributed by atoms with E-state index < -0.39 is 6.09 Å². The molecule has 0 aromatic carbocycles. The van der Waals surface area contributed by atoms with E-state index >= 15 is 0 Å². The smallest absolute Gasteiger partial charge is 0.404 e. The van der Waals surface area contributed by atoms with Gasteiger partial charge in [0.15, 0.2) is 0 Å². The third kappa shape index (κ3) is 9.15. The fourth-order valence-electron chi connectivity index (χ4n) is 0.410. The third-order valence-corrected chi connectivity index (χ3v) is 0.818. The molecule has 0 saturated heterocycles. The van der Waals surface area contributed by atoms with Crippen LogP contribution in [0.2, 0.25) is 0 Å². The summed E-state index contributed by atoms with van der Waals surface area (Å²) in [6.07, 6.45) is -0.802. The van der Waals surface area contributed by atoms with Gasteiger partial charge in [0.1, 0.15) is 6.61 Å². The molecule has 11 heavy (non-hydrogen) atoms. The highest BCUT2D eigenvalue weighted by Crippen LogP contribution is 1.77. The molecule has 4 N–H and O–H groups in total. The maximum Gasteiger partial charge on any atom is 0.404 e. The van der Waals surface area contributed by atoms with Gasteiger partial charge >= 0.3 is 6.09 Å². The molecule has 0 atom stereocenters. The third-order valence-electron chi connectivity index (χ3n) is 0.818. The van der Waals surface area contributed by atoms with Crippen LogP contribution in [0, 0.1) is 0 Å². The average Bonchev–Trinajstić information content (AvgIpc) is 1.96. The first-order valence-electron chi connectivity index (χ1n) is 3.09. The molecule has 1 amide bonds. The topological polar surface area (TPSA) is 96.8 Å². The Kier molecular flexibility index (Phi) is 6.70. The highest BCUT2D eigenvalue weighted by Gasteiger charge is 1.92. The summed E-state index contributed by atoms with van der Waals surface area (Å²) in [6.45, 7) is 1.14. The van der Waals surface area contributed by atoms with Crippen molar-refractivity contribution in [1.29, 1.82) is 0 Å². The molecule has 0 aliphatic rings. The summed E-state index contributed by atoms with van der Waals surface area (Å²) in [4.78, 5) is 14.2. The molecule has 6 heteroatoms. The molecule has 0 aliphatic carbocycles. The number of hydrogen-bond donors (Lipinski definition) is 2. The van der Waals surface area contributed by atoms with Crippen LogP contribution in [0.3, 0.4) is 0 Å². The first-order chi connectivity index (χ1) is 5.27. The van der Waals surface area contributed by atoms with Crippen LogP contribution in [0.25, 0.3) is 0 Å². The molecule has 0 aromatic heterocycles. The number of carbonyl (C=O) groups excluding carboxylic acids is 1. The Balaban J connectivity index is 2.85. The van der Waals surface area contributed by atoms with E-state index in [0.29, 0.717) is 19.8 Å². The number of ether oxygens (including phenoxy) is 2. The predicted molar refractivity (Wildman–Crippen MR) is 36.5 cm³/mol. The van der Waals surface area contributed by atoms with Gasteiger partial charge in [-0.25, -0.2) is 10.7 Å². The molecule has 0 heterocycles. The van der Waals surface area contributed by atoms with E-state index in [-0.39, 0.29) is 6.61 Å². The second-order valence-electron chi connectivity index (χ2n) is 1.65. The van der Waals surface area contributed by atoms with Crippen molar-refractivity contribution in [2.45, 2.75) is 0 Å². The monoisotopic (exact) mass is 164 g/mol.